The topological polar surface area (TPSA) is 49.6 Å². The number of likely N-dealkylation sites (tertiary alicyclic amines) is 1. The first kappa shape index (κ1) is 13.8. The van der Waals surface area contributed by atoms with Gasteiger partial charge in [-0.15, -0.1) is 0 Å². The number of hydrogen-bond acceptors (Lipinski definition) is 3. The summed E-state index contributed by atoms with van der Waals surface area (Å²) in [5.74, 6) is 0.493. The molecule has 2 rings (SSSR count). The number of carbonyl (C=O) groups is 1. The Kier molecular flexibility index (Phi) is 4.62. The molecule has 18 heavy (non-hydrogen) atoms. The highest BCUT2D eigenvalue weighted by Gasteiger charge is 2.32. The predicted molar refractivity (Wildman–Crippen MR) is 73.2 cm³/mol. The van der Waals surface area contributed by atoms with E-state index in [9.17, 15) is 4.79 Å². The van der Waals surface area contributed by atoms with E-state index in [1.54, 1.807) is 0 Å². The summed E-state index contributed by atoms with van der Waals surface area (Å²) in [4.78, 5) is 16.8. The molecule has 2 fully saturated rings. The van der Waals surface area contributed by atoms with Gasteiger partial charge in [0.2, 0.25) is 5.91 Å². The SMILES string of the molecule is CCN1CCCC1CN(C)C(=O)C1CCC(N)C1. The molecule has 1 heterocycles. The molecule has 4 nitrogen and oxygen atoms in total. The van der Waals surface area contributed by atoms with Crippen LogP contribution in [-0.4, -0.2) is 54.5 Å². The first-order valence-electron chi connectivity index (χ1n) is 7.36. The van der Waals surface area contributed by atoms with E-state index in [2.05, 4.69) is 11.8 Å². The summed E-state index contributed by atoms with van der Waals surface area (Å²) in [6, 6.07) is 0.810. The van der Waals surface area contributed by atoms with E-state index in [1.165, 1.54) is 19.4 Å². The van der Waals surface area contributed by atoms with Gasteiger partial charge < -0.3 is 10.6 Å². The highest BCUT2D eigenvalue weighted by atomic mass is 16.2. The van der Waals surface area contributed by atoms with Crippen molar-refractivity contribution in [3.8, 4) is 0 Å². The monoisotopic (exact) mass is 253 g/mol. The van der Waals surface area contributed by atoms with Crippen LogP contribution in [0.1, 0.15) is 39.0 Å². The number of nitrogens with zero attached hydrogens (tertiary/aromatic N) is 2. The average molecular weight is 253 g/mol. The molecule has 1 aliphatic carbocycles. The van der Waals surface area contributed by atoms with Crippen LogP contribution in [0.3, 0.4) is 0 Å². The van der Waals surface area contributed by atoms with Crippen molar-refractivity contribution in [1.82, 2.24) is 9.80 Å². The van der Waals surface area contributed by atoms with E-state index in [4.69, 9.17) is 5.73 Å². The zero-order valence-corrected chi connectivity index (χ0v) is 11.8. The van der Waals surface area contributed by atoms with Crippen molar-refractivity contribution < 1.29 is 4.79 Å². The van der Waals surface area contributed by atoms with E-state index in [-0.39, 0.29) is 12.0 Å². The van der Waals surface area contributed by atoms with Crippen LogP contribution in [0, 0.1) is 5.92 Å². The zero-order chi connectivity index (χ0) is 13.1. The van der Waals surface area contributed by atoms with Gasteiger partial charge >= 0.3 is 0 Å². The van der Waals surface area contributed by atoms with Crippen molar-refractivity contribution in [2.45, 2.75) is 51.1 Å². The van der Waals surface area contributed by atoms with Gasteiger partial charge in [-0.25, -0.2) is 0 Å². The molecule has 0 spiro atoms. The number of likely N-dealkylation sites (N-methyl/N-ethyl adjacent to an activating group) is 2. The Bertz CT molecular complexity index is 295. The Balaban J connectivity index is 1.83. The van der Waals surface area contributed by atoms with Crippen LogP contribution in [0.25, 0.3) is 0 Å². The Labute approximate surface area is 110 Å². The van der Waals surface area contributed by atoms with Gasteiger partial charge in [-0.1, -0.05) is 6.92 Å². The van der Waals surface area contributed by atoms with Crippen molar-refractivity contribution in [2.75, 3.05) is 26.7 Å². The Morgan fingerprint density at radius 1 is 1.39 bits per heavy atom. The van der Waals surface area contributed by atoms with Gasteiger partial charge in [-0.2, -0.15) is 0 Å². The quantitative estimate of drug-likeness (QED) is 0.815. The fourth-order valence-electron chi connectivity index (χ4n) is 3.48. The fraction of sp³-hybridized carbons (Fsp3) is 0.929. The van der Waals surface area contributed by atoms with Crippen LogP contribution in [0.15, 0.2) is 0 Å². The number of hydrogen-bond donors (Lipinski definition) is 1. The molecule has 3 unspecified atom stereocenters. The first-order valence-corrected chi connectivity index (χ1v) is 7.36. The maximum Gasteiger partial charge on any atom is 0.225 e. The lowest BCUT2D eigenvalue weighted by Gasteiger charge is -2.29. The average Bonchev–Trinajstić information content (AvgIpc) is 2.96. The van der Waals surface area contributed by atoms with Crippen LogP contribution >= 0.6 is 0 Å². The van der Waals surface area contributed by atoms with Crippen LogP contribution in [0.4, 0.5) is 0 Å². The van der Waals surface area contributed by atoms with Crippen molar-refractivity contribution in [3.63, 3.8) is 0 Å². The molecular weight excluding hydrogens is 226 g/mol. The molecule has 4 heteroatoms. The van der Waals surface area contributed by atoms with Gasteiger partial charge in [0.25, 0.3) is 0 Å². The summed E-state index contributed by atoms with van der Waals surface area (Å²) in [6.07, 6.45) is 5.37. The van der Waals surface area contributed by atoms with Gasteiger partial charge in [0, 0.05) is 31.6 Å². The summed E-state index contributed by atoms with van der Waals surface area (Å²) < 4.78 is 0. The molecule has 104 valence electrons. The van der Waals surface area contributed by atoms with E-state index < -0.39 is 0 Å². The third-order valence-corrected chi connectivity index (χ3v) is 4.59. The fourth-order valence-corrected chi connectivity index (χ4v) is 3.48. The molecular formula is C14H27N3O. The Morgan fingerprint density at radius 3 is 2.78 bits per heavy atom. The number of rotatable bonds is 4. The van der Waals surface area contributed by atoms with E-state index in [0.717, 1.165) is 32.4 Å². The van der Waals surface area contributed by atoms with E-state index >= 15 is 0 Å². The van der Waals surface area contributed by atoms with Crippen molar-refractivity contribution in [2.24, 2.45) is 11.7 Å². The maximum atomic E-state index is 12.3. The second-order valence-corrected chi connectivity index (χ2v) is 5.91. The summed E-state index contributed by atoms with van der Waals surface area (Å²) in [7, 11) is 1.96. The minimum absolute atomic E-state index is 0.182. The third-order valence-electron chi connectivity index (χ3n) is 4.59. The largest absolute Gasteiger partial charge is 0.344 e. The molecule has 1 aliphatic heterocycles. The molecule has 1 amide bonds. The van der Waals surface area contributed by atoms with Gasteiger partial charge in [-0.05, 0) is 45.2 Å². The Morgan fingerprint density at radius 2 is 2.17 bits per heavy atom. The summed E-state index contributed by atoms with van der Waals surface area (Å²) >= 11 is 0. The highest BCUT2D eigenvalue weighted by molar-refractivity contribution is 5.79. The third kappa shape index (κ3) is 3.04. The first-order chi connectivity index (χ1) is 8.61. The molecule has 1 saturated carbocycles. The molecule has 1 saturated heterocycles. The van der Waals surface area contributed by atoms with Gasteiger partial charge in [-0.3, -0.25) is 9.69 Å². The molecule has 0 radical (unpaired) electrons. The van der Waals surface area contributed by atoms with Crippen molar-refractivity contribution in [1.29, 1.82) is 0 Å². The second kappa shape index (κ2) is 6.02. The normalized spacial score (nSPS) is 32.9. The minimum Gasteiger partial charge on any atom is -0.344 e. The Hall–Kier alpha value is -0.610. The molecule has 0 bridgehead atoms. The highest BCUT2D eigenvalue weighted by Crippen LogP contribution is 2.26. The second-order valence-electron chi connectivity index (χ2n) is 5.91. The molecule has 2 N–H and O–H groups in total. The summed E-state index contributed by atoms with van der Waals surface area (Å²) in [5, 5.41) is 0. The summed E-state index contributed by atoms with van der Waals surface area (Å²) in [5.41, 5.74) is 5.89. The molecule has 0 aromatic carbocycles. The lowest BCUT2D eigenvalue weighted by atomic mass is 10.1. The van der Waals surface area contributed by atoms with Crippen LogP contribution in [0.5, 0.6) is 0 Å². The van der Waals surface area contributed by atoms with Gasteiger partial charge in [0.1, 0.15) is 0 Å². The van der Waals surface area contributed by atoms with Crippen LogP contribution in [0.2, 0.25) is 0 Å². The molecule has 0 aromatic rings. The smallest absolute Gasteiger partial charge is 0.225 e. The standard InChI is InChI=1S/C14H27N3O/c1-3-17-8-4-5-13(17)10-16(2)14(18)11-6-7-12(15)9-11/h11-13H,3-10,15H2,1-2H3. The number of carbonyl (C=O) groups excluding carboxylic acids is 1. The summed E-state index contributed by atoms with van der Waals surface area (Å²) in [6.45, 7) is 5.38. The predicted octanol–water partition coefficient (Wildman–Crippen LogP) is 1.06. The number of amides is 1. The van der Waals surface area contributed by atoms with E-state index in [0.29, 0.717) is 11.9 Å². The zero-order valence-electron chi connectivity index (χ0n) is 11.8. The van der Waals surface area contributed by atoms with Crippen LogP contribution in [-0.2, 0) is 4.79 Å². The molecule has 2 aliphatic rings. The van der Waals surface area contributed by atoms with Gasteiger partial charge in [0.05, 0.1) is 0 Å². The maximum absolute atomic E-state index is 12.3. The molecule has 0 aromatic heterocycles. The minimum atomic E-state index is 0.182. The van der Waals surface area contributed by atoms with Gasteiger partial charge in [0.15, 0.2) is 0 Å². The van der Waals surface area contributed by atoms with Crippen LogP contribution < -0.4 is 5.73 Å². The molecule has 3 atom stereocenters. The number of nitrogens with two attached hydrogens (primary N) is 1. The lowest BCUT2D eigenvalue weighted by Crippen LogP contribution is -2.43. The van der Waals surface area contributed by atoms with Crippen molar-refractivity contribution in [3.05, 3.63) is 0 Å². The van der Waals surface area contributed by atoms with E-state index in [1.807, 2.05) is 11.9 Å². The van der Waals surface area contributed by atoms with Crippen molar-refractivity contribution >= 4 is 5.91 Å². The lowest BCUT2D eigenvalue weighted by molar-refractivity contribution is -0.134.